The lowest BCUT2D eigenvalue weighted by Gasteiger charge is -2.07. The second kappa shape index (κ2) is 4.21. The maximum atomic E-state index is 8.84. The Kier molecular flexibility index (Phi) is 3.23. The summed E-state index contributed by atoms with van der Waals surface area (Å²) in [7, 11) is 0. The molecule has 1 aromatic heterocycles. The average molecular weight is 165 g/mol. The molecule has 2 nitrogen and oxygen atoms in total. The molecule has 0 aliphatic rings. The maximum absolute atomic E-state index is 8.84. The highest BCUT2D eigenvalue weighted by Crippen LogP contribution is 2.07. The molecule has 1 heterocycles. The molecule has 0 saturated carbocycles. The summed E-state index contributed by atoms with van der Waals surface area (Å²) in [5.41, 5.74) is 2.38. The predicted octanol–water partition coefficient (Wildman–Crippen LogP) is 1.56. The van der Waals surface area contributed by atoms with Gasteiger partial charge in [0.2, 0.25) is 0 Å². The zero-order chi connectivity index (χ0) is 8.97. The van der Waals surface area contributed by atoms with Gasteiger partial charge >= 0.3 is 0 Å². The summed E-state index contributed by atoms with van der Waals surface area (Å²) in [6.45, 7) is 4.30. The van der Waals surface area contributed by atoms with Crippen molar-refractivity contribution in [1.82, 2.24) is 4.98 Å². The molecule has 0 aliphatic carbocycles. The second-order valence-corrected chi connectivity index (χ2v) is 3.36. The van der Waals surface area contributed by atoms with E-state index in [2.05, 4.69) is 11.1 Å². The van der Waals surface area contributed by atoms with Gasteiger partial charge in [-0.2, -0.15) is 0 Å². The number of aliphatic hydroxyl groups is 1. The van der Waals surface area contributed by atoms with E-state index < -0.39 is 0 Å². The fourth-order valence-electron chi connectivity index (χ4n) is 1.20. The largest absolute Gasteiger partial charge is 0.396 e. The first-order valence-corrected chi connectivity index (χ1v) is 4.23. The van der Waals surface area contributed by atoms with Crippen molar-refractivity contribution in [2.24, 2.45) is 5.92 Å². The Morgan fingerprint density at radius 3 is 2.83 bits per heavy atom. The fraction of sp³-hybridized carbons (Fsp3) is 0.500. The number of nitrogens with zero attached hydrogens (tertiary/aromatic N) is 1. The Bertz CT molecular complexity index is 247. The zero-order valence-corrected chi connectivity index (χ0v) is 7.62. The molecule has 0 aromatic carbocycles. The lowest BCUT2D eigenvalue weighted by molar-refractivity contribution is 0.237. The molecular weight excluding hydrogens is 150 g/mol. The SMILES string of the molecule is Cc1cncc(C[C@H](C)CO)c1. The Morgan fingerprint density at radius 1 is 1.50 bits per heavy atom. The molecule has 1 N–H and O–H groups in total. The Morgan fingerprint density at radius 2 is 2.25 bits per heavy atom. The standard InChI is InChI=1S/C10H15NO/c1-8-3-10(6-11-5-8)4-9(2)7-12/h3,5-6,9,12H,4,7H2,1-2H3/t9-/m0/s1. The van der Waals surface area contributed by atoms with E-state index in [1.54, 1.807) is 0 Å². The highest BCUT2D eigenvalue weighted by Gasteiger charge is 2.01. The Labute approximate surface area is 73.3 Å². The number of hydrogen-bond acceptors (Lipinski definition) is 2. The molecule has 0 saturated heterocycles. The first kappa shape index (κ1) is 9.20. The van der Waals surface area contributed by atoms with E-state index in [0.29, 0.717) is 5.92 Å². The van der Waals surface area contributed by atoms with Crippen LogP contribution >= 0.6 is 0 Å². The summed E-state index contributed by atoms with van der Waals surface area (Å²) < 4.78 is 0. The molecule has 0 fully saturated rings. The number of aryl methyl sites for hydroxylation is 1. The van der Waals surface area contributed by atoms with Crippen LogP contribution in [-0.2, 0) is 6.42 Å². The minimum Gasteiger partial charge on any atom is -0.396 e. The van der Waals surface area contributed by atoms with Crippen LogP contribution in [0.25, 0.3) is 0 Å². The third-order valence-corrected chi connectivity index (χ3v) is 1.83. The number of hydrogen-bond donors (Lipinski definition) is 1. The summed E-state index contributed by atoms with van der Waals surface area (Å²) in [6, 6.07) is 2.11. The molecule has 0 amide bonds. The summed E-state index contributed by atoms with van der Waals surface area (Å²) in [5, 5.41) is 8.84. The minimum atomic E-state index is 0.244. The van der Waals surface area contributed by atoms with Crippen LogP contribution in [0.3, 0.4) is 0 Å². The van der Waals surface area contributed by atoms with E-state index in [-0.39, 0.29) is 6.61 Å². The quantitative estimate of drug-likeness (QED) is 0.737. The van der Waals surface area contributed by atoms with E-state index in [1.807, 2.05) is 26.2 Å². The molecule has 0 aliphatic heterocycles. The average Bonchev–Trinajstić information content (AvgIpc) is 2.04. The minimum absolute atomic E-state index is 0.244. The van der Waals surface area contributed by atoms with E-state index in [0.717, 1.165) is 6.42 Å². The highest BCUT2D eigenvalue weighted by atomic mass is 16.3. The number of aromatic nitrogens is 1. The molecule has 1 rings (SSSR count). The molecule has 12 heavy (non-hydrogen) atoms. The molecule has 2 heteroatoms. The van der Waals surface area contributed by atoms with Crippen LogP contribution in [0.1, 0.15) is 18.1 Å². The number of aliphatic hydroxyl groups excluding tert-OH is 1. The first-order valence-electron chi connectivity index (χ1n) is 4.23. The van der Waals surface area contributed by atoms with Gasteiger partial charge in [0.25, 0.3) is 0 Å². The Balaban J connectivity index is 2.63. The Hall–Kier alpha value is -0.890. The molecule has 66 valence electrons. The summed E-state index contributed by atoms with van der Waals surface area (Å²) >= 11 is 0. The zero-order valence-electron chi connectivity index (χ0n) is 7.62. The van der Waals surface area contributed by atoms with Crippen molar-refractivity contribution in [2.75, 3.05) is 6.61 Å². The molecule has 1 atom stereocenters. The van der Waals surface area contributed by atoms with Gasteiger partial charge in [0.15, 0.2) is 0 Å². The van der Waals surface area contributed by atoms with Gasteiger partial charge in [-0.1, -0.05) is 13.0 Å². The third-order valence-electron chi connectivity index (χ3n) is 1.83. The normalized spacial score (nSPS) is 12.9. The van der Waals surface area contributed by atoms with Gasteiger partial charge in [0, 0.05) is 19.0 Å². The molecule has 0 bridgehead atoms. The summed E-state index contributed by atoms with van der Waals surface area (Å²) in [6.07, 6.45) is 4.61. The van der Waals surface area contributed by atoms with Gasteiger partial charge in [0.05, 0.1) is 0 Å². The van der Waals surface area contributed by atoms with Gasteiger partial charge in [-0.3, -0.25) is 4.98 Å². The van der Waals surface area contributed by atoms with Crippen molar-refractivity contribution >= 4 is 0 Å². The van der Waals surface area contributed by atoms with Gasteiger partial charge in [-0.05, 0) is 30.4 Å². The van der Waals surface area contributed by atoms with Crippen molar-refractivity contribution < 1.29 is 5.11 Å². The van der Waals surface area contributed by atoms with Crippen molar-refractivity contribution in [1.29, 1.82) is 0 Å². The highest BCUT2D eigenvalue weighted by molar-refractivity contribution is 5.16. The second-order valence-electron chi connectivity index (χ2n) is 3.36. The van der Waals surface area contributed by atoms with Crippen LogP contribution in [-0.4, -0.2) is 16.7 Å². The van der Waals surface area contributed by atoms with Crippen LogP contribution in [0.2, 0.25) is 0 Å². The topological polar surface area (TPSA) is 33.1 Å². The summed E-state index contributed by atoms with van der Waals surface area (Å²) in [4.78, 5) is 4.09. The van der Waals surface area contributed by atoms with E-state index in [4.69, 9.17) is 5.11 Å². The monoisotopic (exact) mass is 165 g/mol. The molecule has 1 aromatic rings. The molecular formula is C10H15NO. The van der Waals surface area contributed by atoms with Crippen molar-refractivity contribution in [3.8, 4) is 0 Å². The number of pyridine rings is 1. The lowest BCUT2D eigenvalue weighted by atomic mass is 10.0. The van der Waals surface area contributed by atoms with Crippen LogP contribution in [0, 0.1) is 12.8 Å². The van der Waals surface area contributed by atoms with Crippen molar-refractivity contribution in [3.05, 3.63) is 29.6 Å². The van der Waals surface area contributed by atoms with Crippen LogP contribution in [0.15, 0.2) is 18.5 Å². The van der Waals surface area contributed by atoms with Crippen LogP contribution in [0.4, 0.5) is 0 Å². The number of rotatable bonds is 3. The van der Waals surface area contributed by atoms with Crippen LogP contribution in [0.5, 0.6) is 0 Å². The lowest BCUT2D eigenvalue weighted by Crippen LogP contribution is -2.04. The van der Waals surface area contributed by atoms with Gasteiger partial charge in [-0.25, -0.2) is 0 Å². The van der Waals surface area contributed by atoms with E-state index in [1.165, 1.54) is 11.1 Å². The van der Waals surface area contributed by atoms with Gasteiger partial charge < -0.3 is 5.11 Å². The van der Waals surface area contributed by atoms with Crippen LogP contribution < -0.4 is 0 Å². The molecule has 0 spiro atoms. The van der Waals surface area contributed by atoms with Gasteiger partial charge in [-0.15, -0.1) is 0 Å². The van der Waals surface area contributed by atoms with Gasteiger partial charge in [0.1, 0.15) is 0 Å². The fourth-order valence-corrected chi connectivity index (χ4v) is 1.20. The first-order chi connectivity index (χ1) is 5.72. The van der Waals surface area contributed by atoms with E-state index in [9.17, 15) is 0 Å². The molecule has 0 radical (unpaired) electrons. The van der Waals surface area contributed by atoms with E-state index >= 15 is 0 Å². The van der Waals surface area contributed by atoms with Crippen molar-refractivity contribution in [3.63, 3.8) is 0 Å². The molecule has 0 unspecified atom stereocenters. The third kappa shape index (κ3) is 2.62. The predicted molar refractivity (Wildman–Crippen MR) is 48.9 cm³/mol. The maximum Gasteiger partial charge on any atom is 0.0459 e. The van der Waals surface area contributed by atoms with Crippen molar-refractivity contribution in [2.45, 2.75) is 20.3 Å². The summed E-state index contributed by atoms with van der Waals surface area (Å²) in [5.74, 6) is 0.327. The smallest absolute Gasteiger partial charge is 0.0459 e.